The van der Waals surface area contributed by atoms with Crippen molar-refractivity contribution in [3.63, 3.8) is 0 Å². The fourth-order valence-electron chi connectivity index (χ4n) is 3.54. The van der Waals surface area contributed by atoms with Gasteiger partial charge >= 0.3 is 0 Å². The van der Waals surface area contributed by atoms with Gasteiger partial charge in [-0.05, 0) is 67.1 Å². The first kappa shape index (κ1) is 35.3. The largest absolute Gasteiger partial charge is 0.545 e. The van der Waals surface area contributed by atoms with Gasteiger partial charge in [0.25, 0.3) is 0 Å². The molecule has 1 unspecified atom stereocenters. The minimum atomic E-state index is -1.55. The number of carbonyl (C=O) groups excluding carboxylic acids is 4. The van der Waals surface area contributed by atoms with Crippen LogP contribution in [0.4, 0.5) is 0 Å². The molecule has 0 aromatic heterocycles. The lowest BCUT2D eigenvalue weighted by Crippen LogP contribution is -2.47. The Morgan fingerprint density at radius 3 is 1.78 bits per heavy atom. The number of rotatable bonds is 10. The van der Waals surface area contributed by atoms with E-state index in [4.69, 9.17) is 16.7 Å². The summed E-state index contributed by atoms with van der Waals surface area (Å²) in [6, 6.07) is 17.0. The minimum Gasteiger partial charge on any atom is -0.545 e. The summed E-state index contributed by atoms with van der Waals surface area (Å²) in [5.41, 5.74) is 1.29. The highest BCUT2D eigenvalue weighted by Gasteiger charge is 2.23. The zero-order chi connectivity index (χ0) is 30.8. The highest BCUT2D eigenvalue weighted by molar-refractivity contribution is 7.99. The normalized spacial score (nSPS) is 14.4. The maximum atomic E-state index is 9.41. The van der Waals surface area contributed by atoms with E-state index >= 15 is 0 Å². The number of aliphatic hydroxyl groups excluding tert-OH is 1. The molecule has 222 valence electrons. The molecule has 1 fully saturated rings. The summed E-state index contributed by atoms with van der Waals surface area (Å²) < 4.78 is 0. The third-order valence-electron chi connectivity index (χ3n) is 5.47. The number of aliphatic carboxylic acids is 4. The zero-order valence-corrected chi connectivity index (χ0v) is 23.7. The molecule has 1 N–H and O–H groups in total. The molecule has 0 amide bonds. The first-order valence-electron chi connectivity index (χ1n) is 12.2. The summed E-state index contributed by atoms with van der Waals surface area (Å²) >= 11 is 8.10. The molecular weight excluding hydrogens is 576 g/mol. The lowest BCUT2D eigenvalue weighted by Gasteiger charge is -2.38. The number of β-amino-alcohol motifs (C(OH)–C–C–N with tert-alkyl or cyclic N) is 1. The maximum absolute atomic E-state index is 9.41. The molecule has 2 aromatic rings. The Balaban J connectivity index is 0.000000433. The van der Waals surface area contributed by atoms with E-state index in [0.29, 0.717) is 30.3 Å². The molecule has 1 heterocycles. The molecule has 3 rings (SSSR count). The number of nitrogens with zero attached hydrogens (tertiary/aromatic N) is 2. The first-order chi connectivity index (χ1) is 19.4. The number of halogens is 1. The quantitative estimate of drug-likeness (QED) is 0.302. The van der Waals surface area contributed by atoms with Crippen LogP contribution < -0.4 is 20.4 Å². The molecular formula is C28H29ClN2O9S-4. The predicted molar refractivity (Wildman–Crippen MR) is 144 cm³/mol. The molecule has 11 nitrogen and oxygen atoms in total. The van der Waals surface area contributed by atoms with Crippen molar-refractivity contribution in [1.29, 1.82) is 0 Å². The number of piperazine rings is 1. The lowest BCUT2D eigenvalue weighted by atomic mass is 10.1. The van der Waals surface area contributed by atoms with Crippen molar-refractivity contribution < 1.29 is 44.7 Å². The van der Waals surface area contributed by atoms with Gasteiger partial charge in [0.15, 0.2) is 0 Å². The molecule has 41 heavy (non-hydrogen) atoms. The van der Waals surface area contributed by atoms with Crippen molar-refractivity contribution in [3.8, 4) is 0 Å². The maximum Gasteiger partial charge on any atom is 0.0643 e. The van der Waals surface area contributed by atoms with Crippen molar-refractivity contribution >= 4 is 47.2 Å². The Morgan fingerprint density at radius 2 is 1.34 bits per heavy atom. The van der Waals surface area contributed by atoms with Gasteiger partial charge in [-0.3, -0.25) is 9.80 Å². The van der Waals surface area contributed by atoms with Crippen molar-refractivity contribution in [3.05, 3.63) is 83.4 Å². The number of carboxylic acids is 4. The summed E-state index contributed by atoms with van der Waals surface area (Å²) in [4.78, 5) is 45.0. The van der Waals surface area contributed by atoms with E-state index in [1.165, 1.54) is 15.4 Å². The Morgan fingerprint density at radius 1 is 0.854 bits per heavy atom. The van der Waals surface area contributed by atoms with Gasteiger partial charge in [-0.15, -0.1) is 0 Å². The predicted octanol–water partition coefficient (Wildman–Crippen LogP) is -1.75. The minimum absolute atomic E-state index is 0.238. The SMILES string of the molecule is CC(c1cc(Cl)ccc1Sc1ccccc1)N1CCN(CCO)CC1.O=C([O-])/C=C\C(=O)[O-].O=C([O-])/C=C\C(=O)[O-]. The van der Waals surface area contributed by atoms with Gasteiger partial charge in [0.2, 0.25) is 0 Å². The smallest absolute Gasteiger partial charge is 0.0643 e. The number of aliphatic hydroxyl groups is 1. The van der Waals surface area contributed by atoms with E-state index in [1.54, 1.807) is 11.8 Å². The van der Waals surface area contributed by atoms with E-state index in [9.17, 15) is 39.6 Å². The second kappa shape index (κ2) is 19.4. The van der Waals surface area contributed by atoms with E-state index < -0.39 is 23.9 Å². The molecule has 13 heteroatoms. The van der Waals surface area contributed by atoms with Gasteiger partial charge in [-0.25, -0.2) is 0 Å². The van der Waals surface area contributed by atoms with Gasteiger partial charge in [0.1, 0.15) is 0 Å². The fourth-order valence-corrected chi connectivity index (χ4v) is 4.75. The lowest BCUT2D eigenvalue weighted by molar-refractivity contribution is -0.301. The van der Waals surface area contributed by atoms with Crippen LogP contribution in [-0.4, -0.2) is 78.1 Å². The molecule has 1 saturated heterocycles. The third kappa shape index (κ3) is 15.6. The molecule has 1 aliphatic heterocycles. The van der Waals surface area contributed by atoms with Gasteiger partial charge in [0, 0.05) is 53.6 Å². The van der Waals surface area contributed by atoms with Crippen LogP contribution in [0.15, 0.2) is 82.6 Å². The van der Waals surface area contributed by atoms with E-state index in [0.717, 1.165) is 37.7 Å². The van der Waals surface area contributed by atoms with Crippen LogP contribution in [0.1, 0.15) is 18.5 Å². The van der Waals surface area contributed by atoms with Crippen LogP contribution >= 0.6 is 23.4 Å². The number of benzene rings is 2. The van der Waals surface area contributed by atoms with Crippen LogP contribution in [-0.2, 0) is 19.2 Å². The standard InChI is InChI=1S/C20H25ClN2OS.2C4H4O4/c1-16(23-11-9-22(10-12-23)13-14-24)19-15-17(21)7-8-20(19)25-18-5-3-2-4-6-18;2*5-3(6)1-2-4(7)8/h2-8,15-16,24H,9-14H2,1H3;2*1-2H,(H,5,6)(H,7,8)/p-4/b;2*2-1-. The van der Waals surface area contributed by atoms with Crippen molar-refractivity contribution in [2.24, 2.45) is 0 Å². The average molecular weight is 605 g/mol. The third-order valence-corrected chi connectivity index (χ3v) is 6.81. The van der Waals surface area contributed by atoms with Crippen molar-refractivity contribution in [2.45, 2.75) is 22.8 Å². The van der Waals surface area contributed by atoms with Gasteiger partial charge in [-0.1, -0.05) is 41.6 Å². The van der Waals surface area contributed by atoms with Crippen molar-refractivity contribution in [2.75, 3.05) is 39.3 Å². The average Bonchev–Trinajstić information content (AvgIpc) is 2.93. The van der Waals surface area contributed by atoms with E-state index in [2.05, 4.69) is 53.1 Å². The fraction of sp³-hybridized carbons (Fsp3) is 0.286. The Hall–Kier alpha value is -3.68. The van der Waals surface area contributed by atoms with Crippen molar-refractivity contribution in [1.82, 2.24) is 9.80 Å². The molecule has 0 bridgehead atoms. The summed E-state index contributed by atoms with van der Waals surface area (Å²) in [6.07, 6.45) is 1.54. The molecule has 1 atom stereocenters. The summed E-state index contributed by atoms with van der Waals surface area (Å²) in [6.45, 7) is 7.32. The molecule has 2 aromatic carbocycles. The number of hydrogen-bond donors (Lipinski definition) is 1. The van der Waals surface area contributed by atoms with E-state index in [1.807, 2.05) is 12.1 Å². The Kier molecular flexibility index (Phi) is 16.7. The number of carboxylic acid groups (broad SMARTS) is 4. The molecule has 1 aliphatic rings. The molecule has 0 saturated carbocycles. The number of carbonyl (C=O) groups is 4. The van der Waals surface area contributed by atoms with E-state index in [-0.39, 0.29) is 6.61 Å². The van der Waals surface area contributed by atoms with Crippen LogP contribution in [0.25, 0.3) is 0 Å². The Labute approximate surface area is 247 Å². The van der Waals surface area contributed by atoms with Gasteiger partial charge < -0.3 is 44.7 Å². The van der Waals surface area contributed by atoms with Gasteiger partial charge in [-0.2, -0.15) is 0 Å². The summed E-state index contributed by atoms with van der Waals surface area (Å²) in [5.74, 6) is -6.19. The number of hydrogen-bond acceptors (Lipinski definition) is 12. The summed E-state index contributed by atoms with van der Waals surface area (Å²) in [5, 5.41) is 47.6. The molecule has 0 spiro atoms. The van der Waals surface area contributed by atoms with Crippen LogP contribution in [0, 0.1) is 0 Å². The second-order valence-electron chi connectivity index (χ2n) is 8.32. The monoisotopic (exact) mass is 604 g/mol. The highest BCUT2D eigenvalue weighted by Crippen LogP contribution is 2.37. The Bertz CT molecular complexity index is 1130. The molecule has 0 aliphatic carbocycles. The molecule has 0 radical (unpaired) electrons. The van der Waals surface area contributed by atoms with Crippen LogP contribution in [0.3, 0.4) is 0 Å². The summed E-state index contributed by atoms with van der Waals surface area (Å²) in [7, 11) is 0. The highest BCUT2D eigenvalue weighted by atomic mass is 35.5. The topological polar surface area (TPSA) is 187 Å². The van der Waals surface area contributed by atoms with Gasteiger partial charge in [0.05, 0.1) is 30.5 Å². The van der Waals surface area contributed by atoms with Crippen LogP contribution in [0.2, 0.25) is 5.02 Å². The second-order valence-corrected chi connectivity index (χ2v) is 9.87. The van der Waals surface area contributed by atoms with Crippen LogP contribution in [0.5, 0.6) is 0 Å². The first-order valence-corrected chi connectivity index (χ1v) is 13.4. The zero-order valence-electron chi connectivity index (χ0n) is 22.1.